The summed E-state index contributed by atoms with van der Waals surface area (Å²) >= 11 is 0. The average molecular weight is 623 g/mol. The van der Waals surface area contributed by atoms with Crippen LogP contribution in [0.4, 0.5) is 10.6 Å². The number of carbonyl (C=O) groups excluding carboxylic acids is 2. The molecule has 2 aliphatic rings. The van der Waals surface area contributed by atoms with Gasteiger partial charge in [0.2, 0.25) is 0 Å². The second-order valence-corrected chi connectivity index (χ2v) is 15.1. The van der Waals surface area contributed by atoms with E-state index in [1.807, 2.05) is 51.9 Å². The van der Waals surface area contributed by atoms with Crippen LogP contribution in [0.15, 0.2) is 36.5 Å². The number of ether oxygens (including phenoxy) is 3. The Bertz CT molecular complexity index is 1360. The van der Waals surface area contributed by atoms with Crippen molar-refractivity contribution in [1.82, 2.24) is 15.2 Å². The van der Waals surface area contributed by atoms with Crippen LogP contribution in [-0.4, -0.2) is 67.4 Å². The maximum atomic E-state index is 14.2. The zero-order valence-electron chi connectivity index (χ0n) is 29.2. The van der Waals surface area contributed by atoms with Gasteiger partial charge in [0.25, 0.3) is 0 Å². The summed E-state index contributed by atoms with van der Waals surface area (Å²) in [5.41, 5.74) is 2.17. The highest BCUT2D eigenvalue weighted by Crippen LogP contribution is 2.50. The minimum atomic E-state index is -0.889. The van der Waals surface area contributed by atoms with Gasteiger partial charge in [0.1, 0.15) is 23.2 Å². The van der Waals surface area contributed by atoms with Gasteiger partial charge < -0.3 is 24.4 Å². The second-order valence-electron chi connectivity index (χ2n) is 15.1. The number of methoxy groups -OCH3 is 1. The first-order valence-electron chi connectivity index (χ1n) is 16.2. The number of hydrogen-bond donors (Lipinski definition) is 1. The minimum absolute atomic E-state index is 0.170. The number of hydrogen-bond acceptors (Lipinski definition) is 8. The molecular weight excluding hydrogens is 568 g/mol. The normalized spacial score (nSPS) is 22.9. The molecule has 9 heteroatoms. The Balaban J connectivity index is 1.90. The van der Waals surface area contributed by atoms with E-state index in [4.69, 9.17) is 19.2 Å². The molecule has 1 saturated carbocycles. The van der Waals surface area contributed by atoms with Crippen molar-refractivity contribution < 1.29 is 23.8 Å². The van der Waals surface area contributed by atoms with Crippen molar-refractivity contribution >= 4 is 17.9 Å². The molecule has 1 aromatic heterocycles. The van der Waals surface area contributed by atoms with Crippen LogP contribution >= 0.6 is 0 Å². The van der Waals surface area contributed by atoms with E-state index >= 15 is 0 Å². The highest BCUT2D eigenvalue weighted by molar-refractivity contribution is 5.84. The van der Waals surface area contributed by atoms with Gasteiger partial charge in [-0.2, -0.15) is 0 Å². The van der Waals surface area contributed by atoms with Gasteiger partial charge >= 0.3 is 12.1 Å². The second kappa shape index (κ2) is 13.2. The number of carbonyl (C=O) groups is 2. The molecule has 1 N–H and O–H groups in total. The maximum absolute atomic E-state index is 14.2. The first-order valence-corrected chi connectivity index (χ1v) is 16.2. The fourth-order valence-electron chi connectivity index (χ4n) is 7.07. The van der Waals surface area contributed by atoms with Crippen LogP contribution in [0.1, 0.15) is 97.4 Å². The number of nitrogens with zero attached hydrogens (tertiary/aromatic N) is 3. The molecule has 9 nitrogen and oxygen atoms in total. The minimum Gasteiger partial charge on any atom is -0.496 e. The number of likely N-dealkylation sites (tertiary alicyclic amines) is 1. The first-order chi connectivity index (χ1) is 21.0. The van der Waals surface area contributed by atoms with E-state index in [2.05, 4.69) is 51.2 Å². The zero-order valence-corrected chi connectivity index (χ0v) is 29.2. The van der Waals surface area contributed by atoms with Crippen molar-refractivity contribution in [3.05, 3.63) is 53.2 Å². The van der Waals surface area contributed by atoms with Crippen molar-refractivity contribution in [1.29, 1.82) is 0 Å². The van der Waals surface area contributed by atoms with Gasteiger partial charge in [0, 0.05) is 49.9 Å². The third kappa shape index (κ3) is 7.24. The van der Waals surface area contributed by atoms with E-state index in [1.54, 1.807) is 25.1 Å². The van der Waals surface area contributed by atoms with E-state index in [0.717, 1.165) is 22.7 Å². The number of nitrogens with one attached hydrogen (secondary N) is 1. The Hall–Kier alpha value is -3.33. The Morgan fingerprint density at radius 1 is 1.11 bits per heavy atom. The van der Waals surface area contributed by atoms with Gasteiger partial charge in [-0.3, -0.25) is 4.90 Å². The number of aromatic nitrogens is 1. The molecule has 4 rings (SSSR count). The third-order valence-electron chi connectivity index (χ3n) is 9.32. The average Bonchev–Trinajstić information content (AvgIpc) is 3.30. The number of rotatable bonds is 9. The molecule has 4 atom stereocenters. The molecular formula is C36H54N4O5. The summed E-state index contributed by atoms with van der Waals surface area (Å²) in [5, 5.41) is 3.85. The summed E-state index contributed by atoms with van der Waals surface area (Å²) in [5.74, 6) is 0.753. The van der Waals surface area contributed by atoms with E-state index in [1.165, 1.54) is 24.8 Å². The lowest BCUT2D eigenvalue weighted by molar-refractivity contribution is -0.151. The highest BCUT2D eigenvalue weighted by Gasteiger charge is 2.59. The zero-order chi connectivity index (χ0) is 33.3. The molecule has 2 heterocycles. The molecule has 0 radical (unpaired) electrons. The predicted octanol–water partition coefficient (Wildman–Crippen LogP) is 6.64. The van der Waals surface area contributed by atoms with E-state index in [-0.39, 0.29) is 24.0 Å². The quantitative estimate of drug-likeness (QED) is 0.311. The molecule has 45 heavy (non-hydrogen) atoms. The van der Waals surface area contributed by atoms with Crippen molar-refractivity contribution in [3.63, 3.8) is 0 Å². The van der Waals surface area contributed by atoms with Gasteiger partial charge in [0.15, 0.2) is 0 Å². The molecule has 248 valence electrons. The third-order valence-corrected chi connectivity index (χ3v) is 9.32. The van der Waals surface area contributed by atoms with Gasteiger partial charge in [-0.25, -0.2) is 14.6 Å². The Kier molecular flexibility index (Phi) is 10.1. The molecule has 1 amide bonds. The summed E-state index contributed by atoms with van der Waals surface area (Å²) in [6, 6.07) is 8.53. The Morgan fingerprint density at radius 3 is 2.33 bits per heavy atom. The standard InChI is InChI=1S/C36H54N4O5/c1-12-44-32(41)30-27(34(2,3)4)28(38-22-23-21-24(16-17-26(23)43-11)36(8)18-14-19-36)29(40(30)33(42)45-35(5,6)7)25-15-13-20-37-31(25)39(9)10/h13,15-17,20-21,27-30,38H,12,14,18-19,22H2,1-11H3/t27-,28-,29-,30-/m0/s1. The molecule has 1 aliphatic carbocycles. The molecule has 1 aliphatic heterocycles. The van der Waals surface area contributed by atoms with E-state index in [9.17, 15) is 9.59 Å². The van der Waals surface area contributed by atoms with Crippen molar-refractivity contribution in [2.75, 3.05) is 32.7 Å². The SMILES string of the molecule is CCOC(=O)[C@@H]1[C@@H](C(C)(C)C)[C@H](NCc2cc(C3(C)CCC3)ccc2OC)[C@H](c2cccnc2N(C)C)N1C(=O)OC(C)(C)C. The van der Waals surface area contributed by atoms with Gasteiger partial charge in [-0.05, 0) is 69.1 Å². The van der Waals surface area contributed by atoms with Crippen molar-refractivity contribution in [2.24, 2.45) is 11.3 Å². The maximum Gasteiger partial charge on any atom is 0.411 e. The number of esters is 1. The van der Waals surface area contributed by atoms with Crippen LogP contribution in [0.25, 0.3) is 0 Å². The number of benzene rings is 1. The fraction of sp³-hybridized carbons (Fsp3) is 0.639. The summed E-state index contributed by atoms with van der Waals surface area (Å²) in [7, 11) is 5.56. The molecule has 0 unspecified atom stereocenters. The molecule has 0 spiro atoms. The lowest BCUT2D eigenvalue weighted by atomic mass is 9.66. The summed E-state index contributed by atoms with van der Waals surface area (Å²) in [6.07, 6.45) is 4.76. The van der Waals surface area contributed by atoms with Gasteiger partial charge in [-0.1, -0.05) is 52.3 Å². The van der Waals surface area contributed by atoms with Gasteiger partial charge in [-0.15, -0.1) is 0 Å². The predicted molar refractivity (Wildman–Crippen MR) is 178 cm³/mol. The van der Waals surface area contributed by atoms with E-state index < -0.39 is 35.2 Å². The summed E-state index contributed by atoms with van der Waals surface area (Å²) < 4.78 is 17.5. The largest absolute Gasteiger partial charge is 0.496 e. The first kappa shape index (κ1) is 34.5. The molecule has 2 aromatic rings. The lowest BCUT2D eigenvalue weighted by Crippen LogP contribution is -2.49. The Labute approximate surface area is 270 Å². The van der Waals surface area contributed by atoms with Crippen LogP contribution in [-0.2, 0) is 26.2 Å². The smallest absolute Gasteiger partial charge is 0.411 e. The highest BCUT2D eigenvalue weighted by atomic mass is 16.6. The summed E-state index contributed by atoms with van der Waals surface area (Å²) in [6.45, 7) is 16.7. The van der Waals surface area contributed by atoms with Crippen LogP contribution in [0, 0.1) is 11.3 Å². The monoisotopic (exact) mass is 622 g/mol. The van der Waals surface area contributed by atoms with E-state index in [0.29, 0.717) is 6.54 Å². The van der Waals surface area contributed by atoms with Crippen LogP contribution in [0.2, 0.25) is 0 Å². The van der Waals surface area contributed by atoms with Crippen molar-refractivity contribution in [3.8, 4) is 5.75 Å². The summed E-state index contributed by atoms with van der Waals surface area (Å²) in [4.78, 5) is 36.5. The number of amides is 1. The molecule has 1 saturated heterocycles. The van der Waals surface area contributed by atoms with Crippen molar-refractivity contribution in [2.45, 2.75) is 110 Å². The molecule has 0 bridgehead atoms. The topological polar surface area (TPSA) is 93.2 Å². The molecule has 2 fully saturated rings. The van der Waals surface area contributed by atoms with Crippen LogP contribution in [0.3, 0.4) is 0 Å². The Morgan fingerprint density at radius 2 is 1.80 bits per heavy atom. The number of pyridine rings is 1. The fourth-order valence-corrected chi connectivity index (χ4v) is 7.07. The van der Waals surface area contributed by atoms with Gasteiger partial charge in [0.05, 0.1) is 19.8 Å². The van der Waals surface area contributed by atoms with Crippen LogP contribution < -0.4 is 15.0 Å². The number of anilines is 1. The van der Waals surface area contributed by atoms with Crippen LogP contribution in [0.5, 0.6) is 5.75 Å². The lowest BCUT2D eigenvalue weighted by Gasteiger charge is -2.39. The molecule has 1 aromatic carbocycles.